The lowest BCUT2D eigenvalue weighted by Crippen LogP contribution is -2.39. The van der Waals surface area contributed by atoms with E-state index in [0.717, 1.165) is 38.5 Å². The summed E-state index contributed by atoms with van der Waals surface area (Å²) in [7, 11) is 0. The number of carbonyl (C=O) groups excluding carboxylic acids is 3. The predicted octanol–water partition coefficient (Wildman–Crippen LogP) is 3.73. The molecular formula is C22H44N2O4. The summed E-state index contributed by atoms with van der Waals surface area (Å²) >= 11 is 0. The van der Waals surface area contributed by atoms with Gasteiger partial charge in [-0.2, -0.15) is 0 Å². The van der Waals surface area contributed by atoms with Crippen LogP contribution in [0, 0.1) is 17.8 Å². The lowest BCUT2D eigenvalue weighted by Gasteiger charge is -2.29. The Hall–Kier alpha value is -1.43. The highest BCUT2D eigenvalue weighted by molar-refractivity contribution is 5.83. The van der Waals surface area contributed by atoms with Gasteiger partial charge in [-0.25, -0.2) is 0 Å². The number of nitrogens with one attached hydrogen (secondary N) is 2. The minimum Gasteiger partial charge on any atom is -0.379 e. The van der Waals surface area contributed by atoms with Gasteiger partial charge in [-0.05, 0) is 38.0 Å². The van der Waals surface area contributed by atoms with E-state index in [1.807, 2.05) is 13.8 Å². The van der Waals surface area contributed by atoms with E-state index in [2.05, 4.69) is 24.5 Å². The van der Waals surface area contributed by atoms with Gasteiger partial charge in [-0.3, -0.25) is 14.4 Å². The molecule has 1 fully saturated rings. The Morgan fingerprint density at radius 2 is 1.68 bits per heavy atom. The van der Waals surface area contributed by atoms with Gasteiger partial charge in [0.15, 0.2) is 0 Å². The van der Waals surface area contributed by atoms with Crippen LogP contribution in [-0.4, -0.2) is 43.4 Å². The fourth-order valence-electron chi connectivity index (χ4n) is 3.49. The first-order valence-corrected chi connectivity index (χ1v) is 11.0. The van der Waals surface area contributed by atoms with Crippen LogP contribution in [0.2, 0.25) is 0 Å². The normalized spacial score (nSPS) is 20.6. The molecule has 1 unspecified atom stereocenters. The molecule has 0 aromatic rings. The molecule has 2 amide bonds. The number of ketones is 1. The highest BCUT2D eigenvalue weighted by Gasteiger charge is 2.28. The molecule has 0 radical (unpaired) electrons. The Morgan fingerprint density at radius 3 is 2.29 bits per heavy atom. The lowest BCUT2D eigenvalue weighted by molar-refractivity contribution is -0.127. The summed E-state index contributed by atoms with van der Waals surface area (Å²) in [5, 5.41) is 5.89. The Labute approximate surface area is 173 Å². The van der Waals surface area contributed by atoms with Crippen LogP contribution in [0.3, 0.4) is 0 Å². The largest absolute Gasteiger partial charge is 0.379 e. The number of hydrogen-bond acceptors (Lipinski definition) is 4. The van der Waals surface area contributed by atoms with Crippen molar-refractivity contribution in [3.8, 4) is 0 Å². The van der Waals surface area contributed by atoms with Gasteiger partial charge in [-0.1, -0.05) is 34.1 Å². The second-order valence-electron chi connectivity index (χ2n) is 8.44. The van der Waals surface area contributed by atoms with E-state index >= 15 is 0 Å². The maximum Gasteiger partial charge on any atom is 0.222 e. The first-order chi connectivity index (χ1) is 13.3. The molecule has 0 spiro atoms. The smallest absolute Gasteiger partial charge is 0.222 e. The molecule has 0 heterocycles. The predicted molar refractivity (Wildman–Crippen MR) is 115 cm³/mol. The van der Waals surface area contributed by atoms with Gasteiger partial charge in [-0.15, -0.1) is 0 Å². The third-order valence-electron chi connectivity index (χ3n) is 5.67. The van der Waals surface area contributed by atoms with Crippen LogP contribution in [0.4, 0.5) is 0 Å². The van der Waals surface area contributed by atoms with Crippen LogP contribution in [0.25, 0.3) is 0 Å². The summed E-state index contributed by atoms with van der Waals surface area (Å²) in [4.78, 5) is 35.7. The van der Waals surface area contributed by atoms with Gasteiger partial charge < -0.3 is 15.4 Å². The molecule has 0 bridgehead atoms. The molecule has 1 aliphatic carbocycles. The summed E-state index contributed by atoms with van der Waals surface area (Å²) < 4.78 is 5.45. The monoisotopic (exact) mass is 400 g/mol. The molecule has 0 saturated heterocycles. The average Bonchev–Trinajstić information content (AvgIpc) is 2.68. The van der Waals surface area contributed by atoms with Crippen LogP contribution in [0.5, 0.6) is 0 Å². The fraction of sp³-hybridized carbons (Fsp3) is 0.864. The summed E-state index contributed by atoms with van der Waals surface area (Å²) in [5.41, 5.74) is 0. The summed E-state index contributed by atoms with van der Waals surface area (Å²) in [6, 6.07) is 0.175. The van der Waals surface area contributed by atoms with E-state index in [0.29, 0.717) is 44.3 Å². The minimum atomic E-state index is -0.00350. The van der Waals surface area contributed by atoms with Crippen LogP contribution in [-0.2, 0) is 19.1 Å². The molecule has 0 aromatic carbocycles. The van der Waals surface area contributed by atoms with Crippen molar-refractivity contribution in [2.45, 2.75) is 85.1 Å². The van der Waals surface area contributed by atoms with Crippen molar-refractivity contribution in [1.82, 2.24) is 10.6 Å². The number of Topliss-reactive ketones (excluding diaryl/α,β-unsaturated/α-hetero) is 1. The highest BCUT2D eigenvalue weighted by atomic mass is 16.5. The van der Waals surface area contributed by atoms with Crippen LogP contribution >= 0.6 is 0 Å². The maximum absolute atomic E-state index is 12.0. The van der Waals surface area contributed by atoms with E-state index in [1.54, 1.807) is 0 Å². The average molecular weight is 401 g/mol. The zero-order chi connectivity index (χ0) is 20.9. The van der Waals surface area contributed by atoms with Gasteiger partial charge in [0, 0.05) is 40.1 Å². The van der Waals surface area contributed by atoms with Gasteiger partial charge in [0.1, 0.15) is 5.78 Å². The summed E-state index contributed by atoms with van der Waals surface area (Å²) in [6.07, 6.45) is 6.38. The highest BCUT2D eigenvalue weighted by Crippen LogP contribution is 2.27. The summed E-state index contributed by atoms with van der Waals surface area (Å²) in [5.74, 6) is 1.25. The quantitative estimate of drug-likeness (QED) is 0.461. The van der Waals surface area contributed by atoms with E-state index in [9.17, 15) is 14.4 Å². The molecule has 0 aliphatic heterocycles. The van der Waals surface area contributed by atoms with Crippen LogP contribution in [0.1, 0.15) is 81.9 Å². The minimum absolute atomic E-state index is 0. The number of rotatable bonds is 13. The second kappa shape index (κ2) is 13.7. The van der Waals surface area contributed by atoms with Gasteiger partial charge in [0.25, 0.3) is 0 Å². The Morgan fingerprint density at radius 1 is 1.00 bits per heavy atom. The van der Waals surface area contributed by atoms with Crippen LogP contribution in [0.15, 0.2) is 0 Å². The summed E-state index contributed by atoms with van der Waals surface area (Å²) in [6.45, 7) is 9.45. The molecule has 6 nitrogen and oxygen atoms in total. The van der Waals surface area contributed by atoms with Crippen molar-refractivity contribution in [1.29, 1.82) is 0 Å². The van der Waals surface area contributed by atoms with Gasteiger partial charge in [0.2, 0.25) is 11.8 Å². The molecule has 1 atom stereocenters. The lowest BCUT2D eigenvalue weighted by atomic mass is 9.80. The third-order valence-corrected chi connectivity index (χ3v) is 5.67. The third kappa shape index (κ3) is 10.2. The molecule has 1 aliphatic rings. The SMILES string of the molecule is CCC(C)CCC(=O)NCCOCCC(=O)NC1CCC(C(=O)C(C)C)CC1.[HH].[HH]. The first kappa shape index (κ1) is 24.6. The van der Waals surface area contributed by atoms with Gasteiger partial charge >= 0.3 is 0 Å². The standard InChI is InChI=1S/C22H40N2O4.2H2/c1-5-17(4)6-11-20(25)23-13-15-28-14-12-21(26)24-19-9-7-18(8-10-19)22(27)16(2)3;;/h16-19H,5-15H2,1-4H3,(H,23,25)(H,24,26);2*1H. The van der Waals surface area contributed by atoms with Crippen molar-refractivity contribution in [3.05, 3.63) is 0 Å². The molecular weight excluding hydrogens is 356 g/mol. The Kier molecular flexibility index (Phi) is 12.0. The molecule has 28 heavy (non-hydrogen) atoms. The number of carbonyl (C=O) groups is 3. The van der Waals surface area contributed by atoms with Gasteiger partial charge in [0.05, 0.1) is 13.2 Å². The van der Waals surface area contributed by atoms with E-state index in [-0.39, 0.29) is 32.5 Å². The second-order valence-corrected chi connectivity index (χ2v) is 8.44. The molecule has 0 aromatic heterocycles. The molecule has 1 saturated carbocycles. The number of hydrogen-bond donors (Lipinski definition) is 2. The number of ether oxygens (including phenoxy) is 1. The van der Waals surface area contributed by atoms with Crippen molar-refractivity contribution >= 4 is 17.6 Å². The zero-order valence-electron chi connectivity index (χ0n) is 18.2. The van der Waals surface area contributed by atoms with E-state index in [1.165, 1.54) is 0 Å². The van der Waals surface area contributed by atoms with Crippen molar-refractivity contribution in [3.63, 3.8) is 0 Å². The Balaban J connectivity index is 0. The molecule has 1 rings (SSSR count). The van der Waals surface area contributed by atoms with E-state index < -0.39 is 0 Å². The van der Waals surface area contributed by atoms with Crippen molar-refractivity contribution in [2.75, 3.05) is 19.8 Å². The molecule has 2 N–H and O–H groups in total. The zero-order valence-corrected chi connectivity index (χ0v) is 18.2. The van der Waals surface area contributed by atoms with Crippen LogP contribution < -0.4 is 10.6 Å². The fourth-order valence-corrected chi connectivity index (χ4v) is 3.49. The molecule has 166 valence electrons. The molecule has 6 heteroatoms. The Bertz CT molecular complexity index is 496. The van der Waals surface area contributed by atoms with Crippen molar-refractivity contribution < 1.29 is 22.0 Å². The van der Waals surface area contributed by atoms with E-state index in [4.69, 9.17) is 4.74 Å². The first-order valence-electron chi connectivity index (χ1n) is 11.0. The number of amides is 2. The maximum atomic E-state index is 12.0. The van der Waals surface area contributed by atoms with Crippen molar-refractivity contribution in [2.24, 2.45) is 17.8 Å². The topological polar surface area (TPSA) is 84.5 Å².